The number of methoxy groups -OCH3 is 1. The van der Waals surface area contributed by atoms with Crippen molar-refractivity contribution in [2.75, 3.05) is 7.11 Å². The fraction of sp³-hybridized carbons (Fsp3) is 0.792. The molecular weight excluding hydrogens is 488 g/mol. The summed E-state index contributed by atoms with van der Waals surface area (Å²) in [7, 11) is -3.52. The third-order valence-electron chi connectivity index (χ3n) is 7.54. The number of aliphatic hydroxyl groups is 1. The summed E-state index contributed by atoms with van der Waals surface area (Å²) in [6.45, 7) is 20.4. The summed E-state index contributed by atoms with van der Waals surface area (Å²) in [4.78, 5) is 39.5. The average molecular weight is 529 g/mol. The number of hydrogen-bond donors (Lipinski definition) is 1. The SMILES string of the molecule is C=C(C)[C@@H]1[C@@H](OC(C)=O)[C@H]2OC(=O)[C@@]3(O[Si](C)(C)C)[C@H](O[Si](C)(C)C)C[C@@](O)([C@H]1C(=O)OC)[C@@]23C. The van der Waals surface area contributed by atoms with E-state index in [0.717, 1.165) is 0 Å². The highest BCUT2D eigenvalue weighted by Gasteiger charge is 2.88. The van der Waals surface area contributed by atoms with Gasteiger partial charge in [-0.3, -0.25) is 9.59 Å². The van der Waals surface area contributed by atoms with Gasteiger partial charge in [-0.05, 0) is 53.1 Å². The van der Waals surface area contributed by atoms with E-state index in [1.807, 2.05) is 39.3 Å². The fourth-order valence-corrected chi connectivity index (χ4v) is 9.04. The Bertz CT molecular complexity index is 938. The van der Waals surface area contributed by atoms with Crippen molar-refractivity contribution in [3.8, 4) is 0 Å². The van der Waals surface area contributed by atoms with Gasteiger partial charge in [0.05, 0.1) is 30.1 Å². The lowest BCUT2D eigenvalue weighted by molar-refractivity contribution is -0.241. The smallest absolute Gasteiger partial charge is 0.341 e. The van der Waals surface area contributed by atoms with E-state index in [1.54, 1.807) is 13.8 Å². The third-order valence-corrected chi connectivity index (χ3v) is 9.47. The predicted octanol–water partition coefficient (Wildman–Crippen LogP) is 2.79. The first-order valence-electron chi connectivity index (χ1n) is 12.0. The number of carbonyl (C=O) groups excluding carboxylic acids is 3. The molecule has 3 fully saturated rings. The molecule has 1 saturated heterocycles. The molecule has 0 aromatic heterocycles. The van der Waals surface area contributed by atoms with Gasteiger partial charge in [-0.15, -0.1) is 0 Å². The van der Waals surface area contributed by atoms with Crippen molar-refractivity contribution in [3.63, 3.8) is 0 Å². The Morgan fingerprint density at radius 2 is 1.69 bits per heavy atom. The molecule has 1 heterocycles. The topological polar surface area (TPSA) is 118 Å². The van der Waals surface area contributed by atoms with Crippen molar-refractivity contribution in [2.45, 2.75) is 96.0 Å². The molecule has 0 unspecified atom stereocenters. The Morgan fingerprint density at radius 1 is 1.11 bits per heavy atom. The standard InChI is InChI=1S/C24H40O9Si2/c1-13(2)16-17(20(26)29-5)23(28)12-15(32-34(6,7)8)24(33-35(9,10)11)21(27)31-19(22(23,24)4)18(16)30-14(3)25/h15-19,28H,1,12H2,2-11H3/t15-,16+,17-,18-,19-,22-,23-,24+/m1/s1. The maximum Gasteiger partial charge on any atom is 0.341 e. The van der Waals surface area contributed by atoms with Crippen LogP contribution in [-0.4, -0.2) is 76.3 Å². The Balaban J connectivity index is 2.39. The second-order valence-corrected chi connectivity index (χ2v) is 21.2. The molecule has 2 saturated carbocycles. The van der Waals surface area contributed by atoms with Gasteiger partial charge in [0.15, 0.2) is 28.3 Å². The van der Waals surface area contributed by atoms with E-state index in [-0.39, 0.29) is 6.42 Å². The molecule has 0 radical (unpaired) electrons. The molecule has 0 bridgehead atoms. The van der Waals surface area contributed by atoms with Gasteiger partial charge in [0.1, 0.15) is 6.10 Å². The second-order valence-electron chi connectivity index (χ2n) is 12.3. The zero-order valence-corrected chi connectivity index (χ0v) is 24.5. The van der Waals surface area contributed by atoms with Crippen LogP contribution in [0.5, 0.6) is 0 Å². The van der Waals surface area contributed by atoms with E-state index in [9.17, 15) is 19.5 Å². The minimum absolute atomic E-state index is 0.0415. The van der Waals surface area contributed by atoms with E-state index >= 15 is 0 Å². The van der Waals surface area contributed by atoms with E-state index in [0.29, 0.717) is 5.57 Å². The van der Waals surface area contributed by atoms with Gasteiger partial charge in [0.25, 0.3) is 0 Å². The summed E-state index contributed by atoms with van der Waals surface area (Å²) in [5, 5.41) is 12.6. The Morgan fingerprint density at radius 3 is 2.11 bits per heavy atom. The molecule has 8 atom stereocenters. The summed E-state index contributed by atoms with van der Waals surface area (Å²) < 4.78 is 30.1. The zero-order chi connectivity index (χ0) is 26.9. The lowest BCUT2D eigenvalue weighted by atomic mass is 9.51. The predicted molar refractivity (Wildman–Crippen MR) is 132 cm³/mol. The highest BCUT2D eigenvalue weighted by Crippen LogP contribution is 2.70. The van der Waals surface area contributed by atoms with Crippen molar-refractivity contribution >= 4 is 34.5 Å². The molecule has 0 aromatic rings. The normalized spacial score (nSPS) is 40.7. The number of esters is 3. The molecule has 0 aromatic carbocycles. The van der Waals surface area contributed by atoms with Crippen LogP contribution in [-0.2, 0) is 37.4 Å². The average Bonchev–Trinajstić information content (AvgIpc) is 3.00. The summed E-state index contributed by atoms with van der Waals surface area (Å²) in [6, 6.07) is 0. The first-order valence-corrected chi connectivity index (χ1v) is 18.8. The number of rotatable bonds is 7. The minimum Gasteiger partial charge on any atom is -0.469 e. The van der Waals surface area contributed by atoms with Crippen molar-refractivity contribution in [1.82, 2.24) is 0 Å². The Hall–Kier alpha value is -1.54. The molecule has 35 heavy (non-hydrogen) atoms. The van der Waals surface area contributed by atoms with Crippen LogP contribution >= 0.6 is 0 Å². The maximum absolute atomic E-state index is 13.9. The third kappa shape index (κ3) is 4.03. The molecular formula is C24H40O9Si2. The van der Waals surface area contributed by atoms with Gasteiger partial charge in [-0.2, -0.15) is 0 Å². The van der Waals surface area contributed by atoms with Crippen molar-refractivity contribution < 1.29 is 42.6 Å². The second kappa shape index (κ2) is 8.51. The van der Waals surface area contributed by atoms with Gasteiger partial charge < -0.3 is 28.2 Å². The van der Waals surface area contributed by atoms with Crippen molar-refractivity contribution in [2.24, 2.45) is 17.3 Å². The van der Waals surface area contributed by atoms with Gasteiger partial charge in [-0.25, -0.2) is 4.79 Å². The van der Waals surface area contributed by atoms with Crippen LogP contribution < -0.4 is 0 Å². The lowest BCUT2D eigenvalue weighted by Crippen LogP contribution is -2.72. The summed E-state index contributed by atoms with van der Waals surface area (Å²) >= 11 is 0. The molecule has 0 spiro atoms. The molecule has 11 heteroatoms. The molecule has 2 aliphatic carbocycles. The summed E-state index contributed by atoms with van der Waals surface area (Å²) in [5.74, 6) is -4.01. The van der Waals surface area contributed by atoms with Crippen LogP contribution in [0.4, 0.5) is 0 Å². The van der Waals surface area contributed by atoms with Crippen LogP contribution in [0.1, 0.15) is 27.2 Å². The largest absolute Gasteiger partial charge is 0.469 e. The molecule has 1 N–H and O–H groups in total. The first-order chi connectivity index (χ1) is 15.8. The van der Waals surface area contributed by atoms with Gasteiger partial charge in [0, 0.05) is 19.3 Å². The van der Waals surface area contributed by atoms with E-state index < -0.39 is 81.3 Å². The maximum atomic E-state index is 13.9. The monoisotopic (exact) mass is 528 g/mol. The van der Waals surface area contributed by atoms with Gasteiger partial charge >= 0.3 is 17.9 Å². The Labute approximate surface area is 209 Å². The quantitative estimate of drug-likeness (QED) is 0.230. The van der Waals surface area contributed by atoms with Crippen molar-refractivity contribution in [3.05, 3.63) is 12.2 Å². The molecule has 3 rings (SSSR count). The number of ether oxygens (including phenoxy) is 3. The minimum atomic E-state index is -2.47. The number of carbonyl (C=O) groups is 3. The molecule has 3 aliphatic rings. The van der Waals surface area contributed by atoms with E-state index in [4.69, 9.17) is 23.1 Å². The van der Waals surface area contributed by atoms with E-state index in [1.165, 1.54) is 14.0 Å². The van der Waals surface area contributed by atoms with Gasteiger partial charge in [0.2, 0.25) is 0 Å². The van der Waals surface area contributed by atoms with Gasteiger partial charge in [-0.1, -0.05) is 12.2 Å². The van der Waals surface area contributed by atoms with Crippen molar-refractivity contribution in [1.29, 1.82) is 0 Å². The fourth-order valence-electron chi connectivity index (χ4n) is 6.54. The molecule has 9 nitrogen and oxygen atoms in total. The van der Waals surface area contributed by atoms with Crippen LogP contribution in [0, 0.1) is 17.3 Å². The molecule has 0 amide bonds. The Kier molecular flexibility index (Phi) is 6.82. The van der Waals surface area contributed by atoms with Crippen LogP contribution in [0.25, 0.3) is 0 Å². The first kappa shape index (κ1) is 28.0. The summed E-state index contributed by atoms with van der Waals surface area (Å²) in [6.07, 6.45) is -3.07. The van der Waals surface area contributed by atoms with Crippen LogP contribution in [0.3, 0.4) is 0 Å². The zero-order valence-electron chi connectivity index (χ0n) is 22.5. The summed E-state index contributed by atoms with van der Waals surface area (Å²) in [5.41, 5.74) is -4.51. The molecule has 198 valence electrons. The lowest BCUT2D eigenvalue weighted by Gasteiger charge is -2.56. The number of hydrogen-bond acceptors (Lipinski definition) is 9. The van der Waals surface area contributed by atoms with Crippen LogP contribution in [0.2, 0.25) is 39.3 Å². The van der Waals surface area contributed by atoms with E-state index in [2.05, 4.69) is 6.58 Å². The van der Waals surface area contributed by atoms with Crippen LogP contribution in [0.15, 0.2) is 12.2 Å². The highest BCUT2D eigenvalue weighted by molar-refractivity contribution is 6.70. The highest BCUT2D eigenvalue weighted by atomic mass is 28.4. The molecule has 1 aliphatic heterocycles.